The van der Waals surface area contributed by atoms with Crippen LogP contribution in [0.3, 0.4) is 0 Å². The van der Waals surface area contributed by atoms with E-state index >= 15 is 0 Å². The molecule has 3 rings (SSSR count). The molecule has 0 spiro atoms. The first-order chi connectivity index (χ1) is 11.3. The van der Waals surface area contributed by atoms with Gasteiger partial charge in [0.2, 0.25) is 5.91 Å². The van der Waals surface area contributed by atoms with Gasteiger partial charge in [0.15, 0.2) is 0 Å². The van der Waals surface area contributed by atoms with Crippen LogP contribution in [0.25, 0.3) is 0 Å². The number of rotatable bonds is 4. The molecule has 7 heteroatoms. The summed E-state index contributed by atoms with van der Waals surface area (Å²) < 4.78 is 32.8. The van der Waals surface area contributed by atoms with Gasteiger partial charge in [-0.15, -0.1) is 0 Å². The minimum atomic E-state index is -3.72. The van der Waals surface area contributed by atoms with Crippen LogP contribution in [0, 0.1) is 6.92 Å². The number of hydrogen-bond donors (Lipinski definition) is 2. The van der Waals surface area contributed by atoms with Gasteiger partial charge in [0.05, 0.1) is 17.9 Å². The van der Waals surface area contributed by atoms with Crippen molar-refractivity contribution in [2.45, 2.75) is 24.7 Å². The molecule has 1 amide bonds. The maximum atomic E-state index is 12.6. The molecule has 2 aromatic carbocycles. The standard InChI is InChI=1S/C17H18N2O4S/c1-10-8-13(5-7-16(10)23-3)24(21,22)19-12-4-6-15-14(9-12)11(2)17(20)18-15/h4-9,11,19H,1-3H3,(H,18,20). The Balaban J connectivity index is 1.91. The quantitative estimate of drug-likeness (QED) is 0.891. The number of nitrogens with one attached hydrogen (secondary N) is 2. The highest BCUT2D eigenvalue weighted by Gasteiger charge is 2.27. The van der Waals surface area contributed by atoms with Crippen LogP contribution in [0.4, 0.5) is 11.4 Å². The topological polar surface area (TPSA) is 84.5 Å². The maximum absolute atomic E-state index is 12.6. The van der Waals surface area contributed by atoms with Gasteiger partial charge in [-0.3, -0.25) is 9.52 Å². The van der Waals surface area contributed by atoms with Gasteiger partial charge in [0.25, 0.3) is 10.0 Å². The molecule has 0 aromatic heterocycles. The van der Waals surface area contributed by atoms with Gasteiger partial charge < -0.3 is 10.1 Å². The van der Waals surface area contributed by atoms with E-state index in [1.54, 1.807) is 44.2 Å². The first-order valence-electron chi connectivity index (χ1n) is 7.44. The highest BCUT2D eigenvalue weighted by atomic mass is 32.2. The average molecular weight is 346 g/mol. The molecule has 126 valence electrons. The zero-order valence-electron chi connectivity index (χ0n) is 13.6. The predicted molar refractivity (Wildman–Crippen MR) is 92.0 cm³/mol. The van der Waals surface area contributed by atoms with Crippen LogP contribution in [0.1, 0.15) is 24.0 Å². The Labute approximate surface area is 140 Å². The van der Waals surface area contributed by atoms with E-state index in [-0.39, 0.29) is 16.7 Å². The van der Waals surface area contributed by atoms with Crippen LogP contribution in [0.5, 0.6) is 5.75 Å². The smallest absolute Gasteiger partial charge is 0.261 e. The molecule has 1 unspecified atom stereocenters. The van der Waals surface area contributed by atoms with Crippen molar-refractivity contribution in [3.05, 3.63) is 47.5 Å². The Morgan fingerprint density at radius 3 is 2.58 bits per heavy atom. The number of hydrogen-bond acceptors (Lipinski definition) is 4. The molecular weight excluding hydrogens is 328 g/mol. The van der Waals surface area contributed by atoms with E-state index < -0.39 is 10.0 Å². The number of amides is 1. The molecule has 0 saturated carbocycles. The number of fused-ring (bicyclic) bond motifs is 1. The Morgan fingerprint density at radius 2 is 1.92 bits per heavy atom. The number of anilines is 2. The molecule has 2 N–H and O–H groups in total. The summed E-state index contributed by atoms with van der Waals surface area (Å²) in [4.78, 5) is 11.8. The van der Waals surface area contributed by atoms with E-state index in [0.717, 1.165) is 16.8 Å². The summed E-state index contributed by atoms with van der Waals surface area (Å²) in [5, 5.41) is 2.76. The molecule has 0 radical (unpaired) electrons. The number of benzene rings is 2. The van der Waals surface area contributed by atoms with Crippen molar-refractivity contribution in [1.82, 2.24) is 0 Å². The number of methoxy groups -OCH3 is 1. The van der Waals surface area contributed by atoms with Gasteiger partial charge in [-0.2, -0.15) is 0 Å². The monoisotopic (exact) mass is 346 g/mol. The lowest BCUT2D eigenvalue weighted by atomic mass is 10.0. The molecule has 0 aliphatic carbocycles. The van der Waals surface area contributed by atoms with Crippen molar-refractivity contribution >= 4 is 27.3 Å². The lowest BCUT2D eigenvalue weighted by Crippen LogP contribution is -2.13. The second kappa shape index (κ2) is 5.83. The van der Waals surface area contributed by atoms with E-state index in [2.05, 4.69) is 10.0 Å². The lowest BCUT2D eigenvalue weighted by molar-refractivity contribution is -0.116. The number of carbonyl (C=O) groups is 1. The van der Waals surface area contributed by atoms with E-state index in [4.69, 9.17) is 4.74 Å². The third kappa shape index (κ3) is 2.82. The van der Waals surface area contributed by atoms with Crippen molar-refractivity contribution in [2.24, 2.45) is 0 Å². The number of ether oxygens (including phenoxy) is 1. The van der Waals surface area contributed by atoms with Gasteiger partial charge >= 0.3 is 0 Å². The van der Waals surface area contributed by atoms with Crippen molar-refractivity contribution in [3.63, 3.8) is 0 Å². The average Bonchev–Trinajstić information content (AvgIpc) is 2.82. The van der Waals surface area contributed by atoms with Gasteiger partial charge in [-0.1, -0.05) is 0 Å². The molecule has 2 aromatic rings. The summed E-state index contributed by atoms with van der Waals surface area (Å²) in [7, 11) is -2.18. The minimum Gasteiger partial charge on any atom is -0.496 e. The summed E-state index contributed by atoms with van der Waals surface area (Å²) in [6.45, 7) is 3.57. The fourth-order valence-corrected chi connectivity index (χ4v) is 3.85. The molecule has 0 fully saturated rings. The zero-order valence-corrected chi connectivity index (χ0v) is 14.4. The lowest BCUT2D eigenvalue weighted by Gasteiger charge is -2.12. The van der Waals surface area contributed by atoms with Crippen LogP contribution >= 0.6 is 0 Å². The van der Waals surface area contributed by atoms with E-state index in [0.29, 0.717) is 11.4 Å². The first-order valence-corrected chi connectivity index (χ1v) is 8.92. The third-order valence-electron chi connectivity index (χ3n) is 4.10. The normalized spacial score (nSPS) is 16.5. The maximum Gasteiger partial charge on any atom is 0.261 e. The Kier molecular flexibility index (Phi) is 3.96. The van der Waals surface area contributed by atoms with E-state index in [1.807, 2.05) is 0 Å². The molecule has 0 saturated heterocycles. The Hall–Kier alpha value is -2.54. The van der Waals surface area contributed by atoms with Gasteiger partial charge in [-0.25, -0.2) is 8.42 Å². The molecule has 0 bridgehead atoms. The summed E-state index contributed by atoms with van der Waals surface area (Å²) >= 11 is 0. The highest BCUT2D eigenvalue weighted by molar-refractivity contribution is 7.92. The Bertz CT molecular complexity index is 922. The molecule has 1 aliphatic heterocycles. The van der Waals surface area contributed by atoms with Crippen LogP contribution in [0.2, 0.25) is 0 Å². The molecule has 1 atom stereocenters. The first kappa shape index (κ1) is 16.3. The number of sulfonamides is 1. The molecule has 1 heterocycles. The molecule has 24 heavy (non-hydrogen) atoms. The van der Waals surface area contributed by atoms with E-state index in [1.165, 1.54) is 13.2 Å². The van der Waals surface area contributed by atoms with E-state index in [9.17, 15) is 13.2 Å². The molecular formula is C17H18N2O4S. The summed E-state index contributed by atoms with van der Waals surface area (Å²) in [6, 6.07) is 9.69. The fraction of sp³-hybridized carbons (Fsp3) is 0.235. The summed E-state index contributed by atoms with van der Waals surface area (Å²) in [5.74, 6) is 0.244. The van der Waals surface area contributed by atoms with Gasteiger partial charge in [0, 0.05) is 11.4 Å². The zero-order chi connectivity index (χ0) is 17.5. The molecule has 1 aliphatic rings. The van der Waals surface area contributed by atoms with Crippen LogP contribution in [0.15, 0.2) is 41.3 Å². The molecule has 6 nitrogen and oxygen atoms in total. The summed E-state index contributed by atoms with van der Waals surface area (Å²) in [5.41, 5.74) is 2.66. The number of aryl methyl sites for hydroxylation is 1. The van der Waals surface area contributed by atoms with Crippen LogP contribution in [-0.4, -0.2) is 21.4 Å². The third-order valence-corrected chi connectivity index (χ3v) is 5.48. The van der Waals surface area contributed by atoms with Gasteiger partial charge in [-0.05, 0) is 61.4 Å². The second-order valence-electron chi connectivity index (χ2n) is 5.75. The highest BCUT2D eigenvalue weighted by Crippen LogP contribution is 2.34. The number of carbonyl (C=O) groups excluding carboxylic acids is 1. The predicted octanol–water partition coefficient (Wildman–Crippen LogP) is 2.86. The fourth-order valence-electron chi connectivity index (χ4n) is 2.71. The minimum absolute atomic E-state index is 0.0872. The van der Waals surface area contributed by atoms with Crippen molar-refractivity contribution in [2.75, 3.05) is 17.1 Å². The second-order valence-corrected chi connectivity index (χ2v) is 7.43. The largest absolute Gasteiger partial charge is 0.496 e. The van der Waals surface area contributed by atoms with Crippen molar-refractivity contribution in [3.8, 4) is 5.75 Å². The van der Waals surface area contributed by atoms with Crippen LogP contribution in [-0.2, 0) is 14.8 Å². The van der Waals surface area contributed by atoms with Crippen molar-refractivity contribution < 1.29 is 17.9 Å². The Morgan fingerprint density at radius 1 is 1.17 bits per heavy atom. The van der Waals surface area contributed by atoms with Crippen LogP contribution < -0.4 is 14.8 Å². The SMILES string of the molecule is COc1ccc(S(=O)(=O)Nc2ccc3c(c2)C(C)C(=O)N3)cc1C. The van der Waals surface area contributed by atoms with Crippen molar-refractivity contribution in [1.29, 1.82) is 0 Å². The van der Waals surface area contributed by atoms with Gasteiger partial charge in [0.1, 0.15) is 5.75 Å². The summed E-state index contributed by atoms with van der Waals surface area (Å²) in [6.07, 6.45) is 0.